The molecule has 0 bridgehead atoms. The van der Waals surface area contributed by atoms with E-state index in [2.05, 4.69) is 15.2 Å². The van der Waals surface area contributed by atoms with E-state index < -0.39 is 0 Å². The Kier molecular flexibility index (Phi) is 6.23. The predicted octanol–water partition coefficient (Wildman–Crippen LogP) is 0.615. The van der Waals surface area contributed by atoms with E-state index >= 15 is 0 Å². The molecule has 1 aromatic heterocycles. The van der Waals surface area contributed by atoms with Crippen LogP contribution >= 0.6 is 0 Å². The first-order chi connectivity index (χ1) is 12.1. The Labute approximate surface area is 149 Å². The van der Waals surface area contributed by atoms with Crippen molar-refractivity contribution in [3.8, 4) is 0 Å². The summed E-state index contributed by atoms with van der Waals surface area (Å²) in [5, 5.41) is 3.12. The number of hydrogen-bond donors (Lipinski definition) is 1. The zero-order valence-corrected chi connectivity index (χ0v) is 15.1. The molecule has 1 N–H and O–H groups in total. The lowest BCUT2D eigenvalue weighted by atomic mass is 9.96. The second-order valence-corrected chi connectivity index (χ2v) is 6.85. The second kappa shape index (κ2) is 8.60. The van der Waals surface area contributed by atoms with Gasteiger partial charge >= 0.3 is 0 Å². The molecule has 0 saturated carbocycles. The highest BCUT2D eigenvalue weighted by Gasteiger charge is 2.31. The molecule has 25 heavy (non-hydrogen) atoms. The van der Waals surface area contributed by atoms with E-state index in [-0.39, 0.29) is 5.91 Å². The van der Waals surface area contributed by atoms with Crippen molar-refractivity contribution in [1.29, 1.82) is 0 Å². The normalized spacial score (nSPS) is 22.6. The molecule has 2 saturated heterocycles. The van der Waals surface area contributed by atoms with Gasteiger partial charge in [0, 0.05) is 64.1 Å². The van der Waals surface area contributed by atoms with Crippen LogP contribution in [0.2, 0.25) is 0 Å². The van der Waals surface area contributed by atoms with Crippen molar-refractivity contribution in [2.24, 2.45) is 5.92 Å². The Morgan fingerprint density at radius 1 is 1.36 bits per heavy atom. The van der Waals surface area contributed by atoms with Crippen LogP contribution < -0.4 is 10.2 Å². The number of pyridine rings is 1. The van der Waals surface area contributed by atoms with E-state index in [4.69, 9.17) is 9.47 Å². The quantitative estimate of drug-likeness (QED) is 0.813. The van der Waals surface area contributed by atoms with Gasteiger partial charge in [0.2, 0.25) is 0 Å². The highest BCUT2D eigenvalue weighted by molar-refractivity contribution is 5.94. The van der Waals surface area contributed by atoms with Crippen LogP contribution in [-0.4, -0.2) is 82.0 Å². The van der Waals surface area contributed by atoms with Crippen molar-refractivity contribution in [1.82, 2.24) is 15.2 Å². The lowest BCUT2D eigenvalue weighted by Crippen LogP contribution is -2.52. The minimum absolute atomic E-state index is 0.0531. The fourth-order valence-electron chi connectivity index (χ4n) is 3.46. The Morgan fingerprint density at radius 3 is 2.84 bits per heavy atom. The third-order valence-electron chi connectivity index (χ3n) is 4.96. The first-order valence-corrected chi connectivity index (χ1v) is 8.96. The average molecular weight is 348 g/mol. The van der Waals surface area contributed by atoms with Crippen LogP contribution in [0.15, 0.2) is 18.3 Å². The summed E-state index contributed by atoms with van der Waals surface area (Å²) in [7, 11) is 3.83. The van der Waals surface area contributed by atoms with Gasteiger partial charge in [-0.2, -0.15) is 0 Å². The first-order valence-electron chi connectivity index (χ1n) is 8.96. The molecule has 2 aliphatic heterocycles. The Balaban J connectivity index is 1.63. The van der Waals surface area contributed by atoms with Crippen molar-refractivity contribution in [3.05, 3.63) is 23.9 Å². The van der Waals surface area contributed by atoms with Crippen molar-refractivity contribution in [2.75, 3.05) is 65.1 Å². The first kappa shape index (κ1) is 18.1. The van der Waals surface area contributed by atoms with Gasteiger partial charge in [-0.3, -0.25) is 9.69 Å². The van der Waals surface area contributed by atoms with E-state index in [0.717, 1.165) is 51.8 Å². The summed E-state index contributed by atoms with van der Waals surface area (Å²) in [5.41, 5.74) is 0.641. The maximum absolute atomic E-state index is 12.6. The van der Waals surface area contributed by atoms with Gasteiger partial charge in [-0.15, -0.1) is 0 Å². The molecule has 1 aromatic rings. The monoisotopic (exact) mass is 348 g/mol. The largest absolute Gasteiger partial charge is 0.381 e. The van der Waals surface area contributed by atoms with Crippen LogP contribution in [0.4, 0.5) is 5.82 Å². The molecule has 2 aliphatic rings. The van der Waals surface area contributed by atoms with Gasteiger partial charge in [0.15, 0.2) is 0 Å². The number of aromatic nitrogens is 1. The fraction of sp³-hybridized carbons (Fsp3) is 0.667. The number of nitrogens with zero attached hydrogens (tertiary/aromatic N) is 3. The highest BCUT2D eigenvalue weighted by Crippen LogP contribution is 2.22. The zero-order valence-electron chi connectivity index (χ0n) is 15.1. The maximum Gasteiger partial charge on any atom is 0.251 e. The van der Waals surface area contributed by atoms with Crippen LogP contribution in [0, 0.1) is 5.92 Å². The van der Waals surface area contributed by atoms with E-state index in [1.807, 2.05) is 25.1 Å². The molecule has 0 spiro atoms. The van der Waals surface area contributed by atoms with Crippen LogP contribution in [0.3, 0.4) is 0 Å². The van der Waals surface area contributed by atoms with Gasteiger partial charge in [0.05, 0.1) is 19.8 Å². The topological polar surface area (TPSA) is 66.9 Å². The third kappa shape index (κ3) is 4.68. The van der Waals surface area contributed by atoms with E-state index in [1.54, 1.807) is 12.3 Å². The van der Waals surface area contributed by atoms with Gasteiger partial charge < -0.3 is 19.7 Å². The molecular weight excluding hydrogens is 320 g/mol. The summed E-state index contributed by atoms with van der Waals surface area (Å²) in [6, 6.07) is 3.87. The van der Waals surface area contributed by atoms with E-state index in [0.29, 0.717) is 24.1 Å². The standard InChI is InChI=1S/C18H28N4O3/c1-21(2)17-11-14(3-5-19-17)18(23)20-12-16(15-4-8-25-13-15)22-6-9-24-10-7-22/h3,5,11,15-16H,4,6-10,12-13H2,1-2H3,(H,20,23)/t15-,16-/m1/s1. The van der Waals surface area contributed by atoms with Gasteiger partial charge in [0.25, 0.3) is 5.91 Å². The van der Waals surface area contributed by atoms with Crippen molar-refractivity contribution in [2.45, 2.75) is 12.5 Å². The summed E-state index contributed by atoms with van der Waals surface area (Å²) in [4.78, 5) is 21.2. The number of amides is 1. The number of carbonyl (C=O) groups excluding carboxylic acids is 1. The third-order valence-corrected chi connectivity index (χ3v) is 4.96. The van der Waals surface area contributed by atoms with Gasteiger partial charge in [-0.25, -0.2) is 4.98 Å². The summed E-state index contributed by atoms with van der Waals surface area (Å²) in [5.74, 6) is 1.19. The molecule has 138 valence electrons. The SMILES string of the molecule is CN(C)c1cc(C(=O)NC[C@H]([C@@H]2CCOC2)N2CCOCC2)ccn1. The number of carbonyl (C=O) groups is 1. The molecule has 7 heteroatoms. The van der Waals surface area contributed by atoms with Crippen LogP contribution in [-0.2, 0) is 9.47 Å². The number of morpholine rings is 1. The highest BCUT2D eigenvalue weighted by atomic mass is 16.5. The lowest BCUT2D eigenvalue weighted by Gasteiger charge is -2.37. The minimum Gasteiger partial charge on any atom is -0.381 e. The summed E-state index contributed by atoms with van der Waals surface area (Å²) >= 11 is 0. The van der Waals surface area contributed by atoms with Crippen LogP contribution in [0.5, 0.6) is 0 Å². The Bertz CT molecular complexity index is 569. The lowest BCUT2D eigenvalue weighted by molar-refractivity contribution is 0.00166. The molecule has 2 atom stereocenters. The maximum atomic E-state index is 12.6. The molecule has 0 unspecified atom stereocenters. The number of ether oxygens (including phenoxy) is 2. The summed E-state index contributed by atoms with van der Waals surface area (Å²) in [6.45, 7) is 5.57. The Hall–Kier alpha value is -1.70. The number of nitrogens with one attached hydrogen (secondary N) is 1. The molecule has 0 aromatic carbocycles. The second-order valence-electron chi connectivity index (χ2n) is 6.85. The van der Waals surface area contributed by atoms with Crippen molar-refractivity contribution >= 4 is 11.7 Å². The van der Waals surface area contributed by atoms with Crippen LogP contribution in [0.1, 0.15) is 16.8 Å². The van der Waals surface area contributed by atoms with Gasteiger partial charge in [-0.1, -0.05) is 0 Å². The molecule has 1 amide bonds. The molecule has 0 radical (unpaired) electrons. The number of anilines is 1. The molecule has 7 nitrogen and oxygen atoms in total. The number of hydrogen-bond acceptors (Lipinski definition) is 6. The predicted molar refractivity (Wildman–Crippen MR) is 96.0 cm³/mol. The molecule has 3 rings (SSSR count). The van der Waals surface area contributed by atoms with E-state index in [9.17, 15) is 4.79 Å². The van der Waals surface area contributed by atoms with Crippen molar-refractivity contribution in [3.63, 3.8) is 0 Å². The zero-order chi connectivity index (χ0) is 17.6. The van der Waals surface area contributed by atoms with Gasteiger partial charge in [0.1, 0.15) is 5.82 Å². The number of rotatable bonds is 6. The smallest absolute Gasteiger partial charge is 0.251 e. The van der Waals surface area contributed by atoms with Crippen LogP contribution in [0.25, 0.3) is 0 Å². The summed E-state index contributed by atoms with van der Waals surface area (Å²) < 4.78 is 11.0. The fourth-order valence-corrected chi connectivity index (χ4v) is 3.46. The average Bonchev–Trinajstić information content (AvgIpc) is 3.17. The summed E-state index contributed by atoms with van der Waals surface area (Å²) in [6.07, 6.45) is 2.73. The van der Waals surface area contributed by atoms with E-state index in [1.165, 1.54) is 0 Å². The molecule has 2 fully saturated rings. The molecular formula is C18H28N4O3. The Morgan fingerprint density at radius 2 is 2.16 bits per heavy atom. The molecule has 3 heterocycles. The van der Waals surface area contributed by atoms with Crippen molar-refractivity contribution < 1.29 is 14.3 Å². The minimum atomic E-state index is -0.0531. The van der Waals surface area contributed by atoms with Gasteiger partial charge in [-0.05, 0) is 18.6 Å². The molecule has 0 aliphatic carbocycles.